The van der Waals surface area contributed by atoms with Crippen molar-refractivity contribution < 1.29 is 0 Å². The highest BCUT2D eigenvalue weighted by Crippen LogP contribution is 2.34. The monoisotopic (exact) mass is 357 g/mol. The summed E-state index contributed by atoms with van der Waals surface area (Å²) < 4.78 is 0.877. The molecule has 0 aliphatic carbocycles. The van der Waals surface area contributed by atoms with Crippen LogP contribution in [0, 0.1) is 0 Å². The third kappa shape index (κ3) is 3.65. The lowest BCUT2D eigenvalue weighted by Gasteiger charge is -2.13. The van der Waals surface area contributed by atoms with E-state index in [1.54, 1.807) is 0 Å². The molecule has 2 aromatic rings. The number of hydrogen-bond donors (Lipinski definition) is 1. The standard InChI is InChI=1S/C15H14BrCl2N/c1-2-10-5-3-4-6-11(10)9-19-15-13(17)7-12(16)8-14(15)18/h3-8,19H,2,9H2,1H3. The molecule has 0 spiro atoms. The molecule has 0 aromatic heterocycles. The molecule has 0 fully saturated rings. The molecule has 0 unspecified atom stereocenters. The van der Waals surface area contributed by atoms with Crippen molar-refractivity contribution in [3.8, 4) is 0 Å². The summed E-state index contributed by atoms with van der Waals surface area (Å²) >= 11 is 15.8. The first kappa shape index (κ1) is 14.7. The van der Waals surface area contributed by atoms with E-state index >= 15 is 0 Å². The fraction of sp³-hybridized carbons (Fsp3) is 0.200. The second-order valence-corrected chi connectivity index (χ2v) is 5.95. The van der Waals surface area contributed by atoms with Gasteiger partial charge in [-0.2, -0.15) is 0 Å². The van der Waals surface area contributed by atoms with E-state index in [1.165, 1.54) is 11.1 Å². The molecule has 0 radical (unpaired) electrons. The average Bonchev–Trinajstić information content (AvgIpc) is 2.38. The Hall–Kier alpha value is -0.700. The predicted molar refractivity (Wildman–Crippen MR) is 87.3 cm³/mol. The number of aryl methyl sites for hydroxylation is 1. The normalized spacial score (nSPS) is 10.5. The van der Waals surface area contributed by atoms with Gasteiger partial charge in [0.1, 0.15) is 0 Å². The minimum Gasteiger partial charge on any atom is -0.379 e. The van der Waals surface area contributed by atoms with Gasteiger partial charge in [-0.15, -0.1) is 0 Å². The van der Waals surface area contributed by atoms with E-state index in [9.17, 15) is 0 Å². The lowest BCUT2D eigenvalue weighted by molar-refractivity contribution is 1.04. The van der Waals surface area contributed by atoms with Crippen LogP contribution in [0.15, 0.2) is 40.9 Å². The van der Waals surface area contributed by atoms with Gasteiger partial charge in [0.2, 0.25) is 0 Å². The van der Waals surface area contributed by atoms with Gasteiger partial charge in [-0.05, 0) is 29.7 Å². The summed E-state index contributed by atoms with van der Waals surface area (Å²) in [6.45, 7) is 2.86. The summed E-state index contributed by atoms with van der Waals surface area (Å²) in [4.78, 5) is 0. The molecule has 0 bridgehead atoms. The second-order valence-electron chi connectivity index (χ2n) is 4.22. The zero-order chi connectivity index (χ0) is 13.8. The lowest BCUT2D eigenvalue weighted by atomic mass is 10.1. The third-order valence-corrected chi connectivity index (χ3v) is 4.02. The zero-order valence-electron chi connectivity index (χ0n) is 10.5. The summed E-state index contributed by atoms with van der Waals surface area (Å²) in [7, 11) is 0. The van der Waals surface area contributed by atoms with E-state index in [0.717, 1.165) is 16.6 Å². The van der Waals surface area contributed by atoms with Crippen molar-refractivity contribution in [2.24, 2.45) is 0 Å². The van der Waals surface area contributed by atoms with Gasteiger partial charge in [-0.1, -0.05) is 70.3 Å². The summed E-state index contributed by atoms with van der Waals surface area (Å²) in [6.07, 6.45) is 1.01. The Morgan fingerprint density at radius 3 is 2.21 bits per heavy atom. The first-order chi connectivity index (χ1) is 9.11. The van der Waals surface area contributed by atoms with Crippen LogP contribution in [-0.4, -0.2) is 0 Å². The summed E-state index contributed by atoms with van der Waals surface area (Å²) in [6, 6.07) is 12.0. The first-order valence-corrected chi connectivity index (χ1v) is 7.62. The Kier molecular flexibility index (Phi) is 5.14. The van der Waals surface area contributed by atoms with Crippen molar-refractivity contribution in [3.63, 3.8) is 0 Å². The van der Waals surface area contributed by atoms with Crippen LogP contribution in [0.5, 0.6) is 0 Å². The Bertz CT molecular complexity index is 561. The molecular formula is C15H14BrCl2N. The zero-order valence-corrected chi connectivity index (χ0v) is 13.6. The quantitative estimate of drug-likeness (QED) is 0.714. The SMILES string of the molecule is CCc1ccccc1CNc1c(Cl)cc(Br)cc1Cl. The molecule has 0 heterocycles. The molecule has 1 N–H and O–H groups in total. The van der Waals surface area contributed by atoms with Crippen LogP contribution >= 0.6 is 39.1 Å². The van der Waals surface area contributed by atoms with Crippen molar-refractivity contribution in [2.45, 2.75) is 19.9 Å². The maximum atomic E-state index is 6.20. The number of rotatable bonds is 4. The maximum Gasteiger partial charge on any atom is 0.0722 e. The highest BCUT2D eigenvalue weighted by molar-refractivity contribution is 9.10. The van der Waals surface area contributed by atoms with E-state index in [1.807, 2.05) is 18.2 Å². The minimum absolute atomic E-state index is 0.619. The Morgan fingerprint density at radius 2 is 1.63 bits per heavy atom. The van der Waals surface area contributed by atoms with Gasteiger partial charge < -0.3 is 5.32 Å². The van der Waals surface area contributed by atoms with Crippen molar-refractivity contribution >= 4 is 44.8 Å². The second kappa shape index (κ2) is 6.65. The molecule has 19 heavy (non-hydrogen) atoms. The van der Waals surface area contributed by atoms with Crippen molar-refractivity contribution in [1.29, 1.82) is 0 Å². The van der Waals surface area contributed by atoms with Gasteiger partial charge in [-0.3, -0.25) is 0 Å². The topological polar surface area (TPSA) is 12.0 Å². The maximum absolute atomic E-state index is 6.20. The molecule has 0 saturated heterocycles. The minimum atomic E-state index is 0.619. The molecule has 0 atom stereocenters. The van der Waals surface area contributed by atoms with Gasteiger partial charge >= 0.3 is 0 Å². The van der Waals surface area contributed by atoms with Crippen LogP contribution in [0.1, 0.15) is 18.1 Å². The first-order valence-electron chi connectivity index (χ1n) is 6.07. The van der Waals surface area contributed by atoms with Gasteiger partial charge in [0.05, 0.1) is 15.7 Å². The van der Waals surface area contributed by atoms with Crippen LogP contribution < -0.4 is 5.32 Å². The molecule has 1 nitrogen and oxygen atoms in total. The van der Waals surface area contributed by atoms with E-state index in [-0.39, 0.29) is 0 Å². The molecule has 4 heteroatoms. The highest BCUT2D eigenvalue weighted by atomic mass is 79.9. The van der Waals surface area contributed by atoms with E-state index in [0.29, 0.717) is 16.6 Å². The molecule has 0 amide bonds. The molecule has 0 aliphatic rings. The summed E-state index contributed by atoms with van der Waals surface area (Å²) in [5.41, 5.74) is 3.37. The molecule has 0 aliphatic heterocycles. The molecule has 2 aromatic carbocycles. The predicted octanol–water partition coefficient (Wildman–Crippen LogP) is 5.93. The van der Waals surface area contributed by atoms with Crippen molar-refractivity contribution in [1.82, 2.24) is 0 Å². The van der Waals surface area contributed by atoms with E-state index in [4.69, 9.17) is 23.2 Å². The van der Waals surface area contributed by atoms with Crippen molar-refractivity contribution in [3.05, 3.63) is 62.0 Å². The smallest absolute Gasteiger partial charge is 0.0722 e. The third-order valence-electron chi connectivity index (χ3n) is 2.96. The van der Waals surface area contributed by atoms with Gasteiger partial charge in [-0.25, -0.2) is 0 Å². The number of halogens is 3. The Balaban J connectivity index is 2.19. The molecular weight excluding hydrogens is 345 g/mol. The van der Waals surface area contributed by atoms with Gasteiger partial charge in [0, 0.05) is 11.0 Å². The highest BCUT2D eigenvalue weighted by Gasteiger charge is 2.08. The van der Waals surface area contributed by atoms with Crippen LogP contribution in [0.3, 0.4) is 0 Å². The largest absolute Gasteiger partial charge is 0.379 e. The van der Waals surface area contributed by atoms with Gasteiger partial charge in [0.15, 0.2) is 0 Å². The van der Waals surface area contributed by atoms with Crippen LogP contribution in [0.25, 0.3) is 0 Å². The van der Waals surface area contributed by atoms with Crippen molar-refractivity contribution in [2.75, 3.05) is 5.32 Å². The number of hydrogen-bond acceptors (Lipinski definition) is 1. The number of nitrogens with one attached hydrogen (secondary N) is 1. The van der Waals surface area contributed by atoms with Gasteiger partial charge in [0.25, 0.3) is 0 Å². The Morgan fingerprint density at radius 1 is 1.05 bits per heavy atom. The van der Waals surface area contributed by atoms with Crippen LogP contribution in [0.2, 0.25) is 10.0 Å². The fourth-order valence-corrected chi connectivity index (χ4v) is 3.31. The number of benzene rings is 2. The molecule has 100 valence electrons. The van der Waals surface area contributed by atoms with Crippen LogP contribution in [-0.2, 0) is 13.0 Å². The van der Waals surface area contributed by atoms with E-state index in [2.05, 4.69) is 46.4 Å². The van der Waals surface area contributed by atoms with E-state index < -0.39 is 0 Å². The molecule has 0 saturated carbocycles. The average molecular weight is 359 g/mol. The summed E-state index contributed by atoms with van der Waals surface area (Å²) in [5, 5.41) is 4.55. The number of anilines is 1. The van der Waals surface area contributed by atoms with Crippen LogP contribution in [0.4, 0.5) is 5.69 Å². The Labute approximate surface area is 132 Å². The molecule has 2 rings (SSSR count). The summed E-state index contributed by atoms with van der Waals surface area (Å²) in [5.74, 6) is 0. The lowest BCUT2D eigenvalue weighted by Crippen LogP contribution is -2.03. The fourth-order valence-electron chi connectivity index (χ4n) is 1.97.